The molecule has 0 bridgehead atoms. The second-order valence-electron chi connectivity index (χ2n) is 5.62. The summed E-state index contributed by atoms with van der Waals surface area (Å²) in [7, 11) is 0. The number of anilines is 1. The molecule has 2 heterocycles. The lowest BCUT2D eigenvalue weighted by Crippen LogP contribution is -2.47. The Bertz CT molecular complexity index is 688. The van der Waals surface area contributed by atoms with Crippen molar-refractivity contribution in [3.63, 3.8) is 0 Å². The number of carboxylic acid groups (broad SMARTS) is 1. The van der Waals surface area contributed by atoms with E-state index in [1.807, 2.05) is 0 Å². The number of amides is 1. The van der Waals surface area contributed by atoms with Crippen molar-refractivity contribution in [2.24, 2.45) is 0 Å². The van der Waals surface area contributed by atoms with Gasteiger partial charge in [0.15, 0.2) is 0 Å². The van der Waals surface area contributed by atoms with Crippen LogP contribution in [0.1, 0.15) is 32.1 Å². The zero-order valence-electron chi connectivity index (χ0n) is 12.4. The molecule has 2 aromatic rings. The summed E-state index contributed by atoms with van der Waals surface area (Å²) in [6.45, 7) is -0.256. The number of nitrogens with zero attached hydrogens (tertiary/aromatic N) is 6. The zero-order valence-corrected chi connectivity index (χ0v) is 12.4. The molecule has 0 saturated heterocycles. The molecule has 0 radical (unpaired) electrons. The van der Waals surface area contributed by atoms with Crippen molar-refractivity contribution < 1.29 is 14.7 Å². The maximum atomic E-state index is 12.8. The van der Waals surface area contributed by atoms with Crippen molar-refractivity contribution in [3.8, 4) is 0 Å². The van der Waals surface area contributed by atoms with Crippen LogP contribution in [0, 0.1) is 0 Å². The predicted octanol–water partition coefficient (Wildman–Crippen LogP) is 0.252. The number of carbonyl (C=O) groups excluding carboxylic acids is 1. The van der Waals surface area contributed by atoms with Gasteiger partial charge in [0.1, 0.15) is 18.4 Å². The topological polar surface area (TPSA) is 128 Å². The van der Waals surface area contributed by atoms with Crippen LogP contribution in [-0.2, 0) is 21.7 Å². The van der Waals surface area contributed by atoms with Crippen LogP contribution in [0.3, 0.4) is 0 Å². The van der Waals surface area contributed by atoms with E-state index in [1.165, 1.54) is 28.1 Å². The van der Waals surface area contributed by atoms with Crippen LogP contribution in [0.4, 0.5) is 5.69 Å². The second kappa shape index (κ2) is 6.15. The van der Waals surface area contributed by atoms with Gasteiger partial charge in [-0.15, -0.1) is 5.10 Å². The molecule has 2 aromatic heterocycles. The van der Waals surface area contributed by atoms with Crippen molar-refractivity contribution in [1.29, 1.82) is 0 Å². The molecule has 1 saturated carbocycles. The van der Waals surface area contributed by atoms with Gasteiger partial charge in [-0.2, -0.15) is 5.10 Å². The molecule has 0 unspecified atom stereocenters. The Labute approximate surface area is 131 Å². The van der Waals surface area contributed by atoms with Gasteiger partial charge in [0.2, 0.25) is 0 Å². The number of aromatic nitrogens is 6. The molecule has 1 aliphatic rings. The summed E-state index contributed by atoms with van der Waals surface area (Å²) >= 11 is 0. The van der Waals surface area contributed by atoms with Crippen LogP contribution in [-0.4, -0.2) is 47.0 Å². The molecule has 0 spiro atoms. The Morgan fingerprint density at radius 1 is 1.30 bits per heavy atom. The fourth-order valence-electron chi connectivity index (χ4n) is 2.95. The average Bonchev–Trinajstić information content (AvgIpc) is 3.19. The van der Waals surface area contributed by atoms with Gasteiger partial charge in [-0.05, 0) is 23.3 Å². The minimum Gasteiger partial charge on any atom is -0.480 e. The normalized spacial score (nSPS) is 16.9. The van der Waals surface area contributed by atoms with Crippen molar-refractivity contribution in [1.82, 2.24) is 30.0 Å². The van der Waals surface area contributed by atoms with Crippen molar-refractivity contribution in [2.45, 2.75) is 44.2 Å². The molecular weight excluding hydrogens is 302 g/mol. The van der Waals surface area contributed by atoms with Gasteiger partial charge >= 0.3 is 5.97 Å². The molecule has 3 rings (SSSR count). The van der Waals surface area contributed by atoms with Gasteiger partial charge in [-0.1, -0.05) is 19.3 Å². The minimum absolute atomic E-state index is 0.209. The van der Waals surface area contributed by atoms with E-state index in [0.29, 0.717) is 18.5 Å². The third kappa shape index (κ3) is 3.05. The average molecular weight is 319 g/mol. The number of carboxylic acids is 1. The van der Waals surface area contributed by atoms with Crippen molar-refractivity contribution in [2.75, 3.05) is 5.32 Å². The second-order valence-corrected chi connectivity index (χ2v) is 5.62. The summed E-state index contributed by atoms with van der Waals surface area (Å²) in [4.78, 5) is 23.5. The molecular formula is C13H17N7O3. The molecule has 10 nitrogen and oxygen atoms in total. The summed E-state index contributed by atoms with van der Waals surface area (Å²) in [5, 5.41) is 26.7. The van der Waals surface area contributed by atoms with Gasteiger partial charge in [-0.3, -0.25) is 14.3 Å². The summed E-state index contributed by atoms with van der Waals surface area (Å²) < 4.78 is 2.77. The van der Waals surface area contributed by atoms with Crippen molar-refractivity contribution >= 4 is 17.6 Å². The highest BCUT2D eigenvalue weighted by molar-refractivity contribution is 5.96. The summed E-state index contributed by atoms with van der Waals surface area (Å²) in [5.41, 5.74) is -0.356. The van der Waals surface area contributed by atoms with Crippen molar-refractivity contribution in [3.05, 3.63) is 18.7 Å². The molecule has 23 heavy (non-hydrogen) atoms. The third-order valence-electron chi connectivity index (χ3n) is 4.08. The van der Waals surface area contributed by atoms with Crippen LogP contribution < -0.4 is 5.32 Å². The molecule has 1 amide bonds. The number of carbonyl (C=O) groups is 2. The van der Waals surface area contributed by atoms with Crippen LogP contribution in [0.25, 0.3) is 0 Å². The van der Waals surface area contributed by atoms with Gasteiger partial charge in [0.25, 0.3) is 5.91 Å². The SMILES string of the molecule is O=C(O)Cn1cc(NC(=O)C2(n3cnnn3)CCCCC2)cn1. The lowest BCUT2D eigenvalue weighted by molar-refractivity contribution is -0.137. The monoisotopic (exact) mass is 319 g/mol. The fourth-order valence-corrected chi connectivity index (χ4v) is 2.95. The standard InChI is InChI=1S/C13H17N7O3/c21-11(22)8-19-7-10(6-15-19)16-12(23)13(4-2-1-3-5-13)20-9-14-17-18-20/h6-7,9H,1-5,8H2,(H,16,23)(H,21,22). The lowest BCUT2D eigenvalue weighted by atomic mass is 9.81. The van der Waals surface area contributed by atoms with Gasteiger partial charge in [0, 0.05) is 6.20 Å². The highest BCUT2D eigenvalue weighted by Gasteiger charge is 2.42. The largest absolute Gasteiger partial charge is 0.480 e. The Hall–Kier alpha value is -2.78. The summed E-state index contributed by atoms with van der Waals surface area (Å²) in [6.07, 6.45) is 8.61. The van der Waals surface area contributed by atoms with Gasteiger partial charge in [0.05, 0.1) is 11.9 Å². The summed E-state index contributed by atoms with van der Waals surface area (Å²) in [6, 6.07) is 0. The van der Waals surface area contributed by atoms with Gasteiger partial charge < -0.3 is 10.4 Å². The fraction of sp³-hybridized carbons (Fsp3) is 0.538. The number of nitrogens with one attached hydrogen (secondary N) is 1. The highest BCUT2D eigenvalue weighted by atomic mass is 16.4. The Morgan fingerprint density at radius 2 is 2.09 bits per heavy atom. The van der Waals surface area contributed by atoms with E-state index in [4.69, 9.17) is 5.11 Å². The van der Waals surface area contributed by atoms with E-state index in [2.05, 4.69) is 25.9 Å². The van der Waals surface area contributed by atoms with E-state index >= 15 is 0 Å². The quantitative estimate of drug-likeness (QED) is 0.808. The van der Waals surface area contributed by atoms with Crippen LogP contribution in [0.2, 0.25) is 0 Å². The molecule has 0 atom stereocenters. The number of tetrazole rings is 1. The number of rotatable bonds is 5. The first-order chi connectivity index (χ1) is 11.1. The predicted molar refractivity (Wildman–Crippen MR) is 77.4 cm³/mol. The molecule has 1 fully saturated rings. The first-order valence-corrected chi connectivity index (χ1v) is 7.39. The molecule has 10 heteroatoms. The first-order valence-electron chi connectivity index (χ1n) is 7.39. The van der Waals surface area contributed by atoms with E-state index < -0.39 is 11.5 Å². The van der Waals surface area contributed by atoms with Crippen LogP contribution in [0.5, 0.6) is 0 Å². The first kappa shape index (κ1) is 15.1. The minimum atomic E-state index is -0.997. The third-order valence-corrected chi connectivity index (χ3v) is 4.08. The summed E-state index contributed by atoms with van der Waals surface area (Å²) in [5.74, 6) is -1.21. The molecule has 1 aliphatic carbocycles. The van der Waals surface area contributed by atoms with E-state index in [9.17, 15) is 9.59 Å². The number of aliphatic carboxylic acids is 1. The molecule has 0 aromatic carbocycles. The van der Waals surface area contributed by atoms with E-state index in [-0.39, 0.29) is 12.5 Å². The van der Waals surface area contributed by atoms with E-state index in [1.54, 1.807) is 0 Å². The maximum absolute atomic E-state index is 12.8. The van der Waals surface area contributed by atoms with Crippen LogP contribution >= 0.6 is 0 Å². The Kier molecular flexibility index (Phi) is 4.04. The number of hydrogen-bond donors (Lipinski definition) is 2. The van der Waals surface area contributed by atoms with E-state index in [0.717, 1.165) is 19.3 Å². The Morgan fingerprint density at radius 3 is 2.74 bits per heavy atom. The maximum Gasteiger partial charge on any atom is 0.325 e. The molecule has 2 N–H and O–H groups in total. The van der Waals surface area contributed by atoms with Crippen LogP contribution in [0.15, 0.2) is 18.7 Å². The smallest absolute Gasteiger partial charge is 0.325 e. The molecule has 0 aliphatic heterocycles. The zero-order chi connectivity index (χ0) is 16.3. The number of hydrogen-bond acceptors (Lipinski definition) is 6. The molecule has 122 valence electrons. The lowest BCUT2D eigenvalue weighted by Gasteiger charge is -2.34. The van der Waals surface area contributed by atoms with Gasteiger partial charge in [-0.25, -0.2) is 4.68 Å². The highest BCUT2D eigenvalue weighted by Crippen LogP contribution is 2.35. The Balaban J connectivity index is 1.79.